The Hall–Kier alpha value is -1.04. The van der Waals surface area contributed by atoms with E-state index in [1.54, 1.807) is 7.05 Å². The maximum Gasteiger partial charge on any atom is 0.126 e. The van der Waals surface area contributed by atoms with Crippen LogP contribution in [0, 0.1) is 11.6 Å². The van der Waals surface area contributed by atoms with E-state index in [1.165, 1.54) is 12.1 Å². The summed E-state index contributed by atoms with van der Waals surface area (Å²) in [6, 6.07) is 3.59. The third-order valence-corrected chi connectivity index (χ3v) is 3.26. The SMILES string of the molecule is CCOCCN(C)CCC(NC)c1cc(F)cc(F)c1. The molecule has 20 heavy (non-hydrogen) atoms. The van der Waals surface area contributed by atoms with Gasteiger partial charge in [0.15, 0.2) is 0 Å². The topological polar surface area (TPSA) is 24.5 Å². The molecule has 0 aliphatic carbocycles. The van der Waals surface area contributed by atoms with Crippen molar-refractivity contribution < 1.29 is 13.5 Å². The van der Waals surface area contributed by atoms with Crippen molar-refractivity contribution in [3.8, 4) is 0 Å². The van der Waals surface area contributed by atoms with Gasteiger partial charge in [-0.3, -0.25) is 0 Å². The van der Waals surface area contributed by atoms with Gasteiger partial charge in [-0.15, -0.1) is 0 Å². The second kappa shape index (κ2) is 9.00. The molecule has 0 aliphatic heterocycles. The second-order valence-electron chi connectivity index (χ2n) is 4.83. The van der Waals surface area contributed by atoms with Crippen molar-refractivity contribution in [2.24, 2.45) is 0 Å². The molecule has 1 unspecified atom stereocenters. The molecule has 0 heterocycles. The highest BCUT2D eigenvalue weighted by Crippen LogP contribution is 2.19. The first-order valence-electron chi connectivity index (χ1n) is 6.96. The number of benzene rings is 1. The predicted octanol–water partition coefficient (Wildman–Crippen LogP) is 2.58. The van der Waals surface area contributed by atoms with Gasteiger partial charge in [0.25, 0.3) is 0 Å². The molecule has 0 spiro atoms. The van der Waals surface area contributed by atoms with Gasteiger partial charge in [0.2, 0.25) is 0 Å². The van der Waals surface area contributed by atoms with Crippen LogP contribution in [0.3, 0.4) is 0 Å². The normalized spacial score (nSPS) is 12.9. The number of hydrogen-bond acceptors (Lipinski definition) is 3. The maximum absolute atomic E-state index is 13.2. The van der Waals surface area contributed by atoms with Crippen LogP contribution in [0.2, 0.25) is 0 Å². The van der Waals surface area contributed by atoms with Gasteiger partial charge >= 0.3 is 0 Å². The van der Waals surface area contributed by atoms with Crippen molar-refractivity contribution in [1.29, 1.82) is 0 Å². The summed E-state index contributed by atoms with van der Waals surface area (Å²) < 4.78 is 31.8. The van der Waals surface area contributed by atoms with E-state index in [1.807, 2.05) is 14.0 Å². The van der Waals surface area contributed by atoms with Gasteiger partial charge in [-0.25, -0.2) is 8.78 Å². The summed E-state index contributed by atoms with van der Waals surface area (Å²) in [6.07, 6.45) is 0.780. The lowest BCUT2D eigenvalue weighted by atomic mass is 10.0. The molecule has 0 amide bonds. The van der Waals surface area contributed by atoms with E-state index in [4.69, 9.17) is 4.74 Å². The van der Waals surface area contributed by atoms with Crippen LogP contribution >= 0.6 is 0 Å². The summed E-state index contributed by atoms with van der Waals surface area (Å²) >= 11 is 0. The smallest absolute Gasteiger partial charge is 0.126 e. The number of nitrogens with one attached hydrogen (secondary N) is 1. The summed E-state index contributed by atoms with van der Waals surface area (Å²) in [5, 5.41) is 3.10. The molecule has 0 saturated heterocycles. The molecule has 5 heteroatoms. The van der Waals surface area contributed by atoms with Crippen molar-refractivity contribution in [3.05, 3.63) is 35.4 Å². The number of ether oxygens (including phenoxy) is 1. The minimum absolute atomic E-state index is 0.0604. The van der Waals surface area contributed by atoms with Gasteiger partial charge in [-0.05, 0) is 51.7 Å². The Balaban J connectivity index is 2.50. The lowest BCUT2D eigenvalue weighted by Crippen LogP contribution is -2.28. The van der Waals surface area contributed by atoms with Crippen LogP contribution < -0.4 is 5.32 Å². The highest BCUT2D eigenvalue weighted by molar-refractivity contribution is 5.21. The molecule has 1 aromatic carbocycles. The molecular formula is C15H24F2N2O. The molecule has 0 fully saturated rings. The Morgan fingerprint density at radius 3 is 2.40 bits per heavy atom. The van der Waals surface area contributed by atoms with Gasteiger partial charge < -0.3 is 15.0 Å². The third kappa shape index (κ3) is 5.94. The average Bonchev–Trinajstić information content (AvgIpc) is 2.38. The minimum atomic E-state index is -0.537. The zero-order chi connectivity index (χ0) is 15.0. The first-order valence-corrected chi connectivity index (χ1v) is 6.96. The zero-order valence-corrected chi connectivity index (χ0v) is 12.5. The first-order chi connectivity index (χ1) is 9.56. The van der Waals surface area contributed by atoms with Crippen molar-refractivity contribution in [3.63, 3.8) is 0 Å². The Kier molecular flexibility index (Phi) is 7.65. The highest BCUT2D eigenvalue weighted by Gasteiger charge is 2.12. The molecule has 1 aromatic rings. The van der Waals surface area contributed by atoms with E-state index in [0.717, 1.165) is 32.2 Å². The zero-order valence-electron chi connectivity index (χ0n) is 12.5. The number of halogens is 2. The fourth-order valence-electron chi connectivity index (χ4n) is 2.08. The van der Waals surface area contributed by atoms with Crippen LogP contribution in [-0.2, 0) is 4.74 Å². The molecule has 1 atom stereocenters. The Morgan fingerprint density at radius 2 is 1.85 bits per heavy atom. The number of hydrogen-bond donors (Lipinski definition) is 1. The molecule has 0 aliphatic rings. The van der Waals surface area contributed by atoms with Crippen molar-refractivity contribution in [2.45, 2.75) is 19.4 Å². The predicted molar refractivity (Wildman–Crippen MR) is 76.8 cm³/mol. The van der Waals surface area contributed by atoms with Gasteiger partial charge in [0, 0.05) is 25.3 Å². The summed E-state index contributed by atoms with van der Waals surface area (Å²) in [4.78, 5) is 2.15. The van der Waals surface area contributed by atoms with E-state index < -0.39 is 11.6 Å². The fourth-order valence-corrected chi connectivity index (χ4v) is 2.08. The molecule has 0 radical (unpaired) electrons. The molecule has 0 saturated carbocycles. The van der Waals surface area contributed by atoms with Gasteiger partial charge in [0.05, 0.1) is 6.61 Å². The average molecular weight is 286 g/mol. The first kappa shape index (κ1) is 17.0. The highest BCUT2D eigenvalue weighted by atomic mass is 19.1. The number of rotatable bonds is 9. The van der Waals surface area contributed by atoms with Gasteiger partial charge in [0.1, 0.15) is 11.6 Å². The largest absolute Gasteiger partial charge is 0.380 e. The standard InChI is InChI=1S/C15H24F2N2O/c1-4-20-8-7-19(3)6-5-15(18-2)12-9-13(16)11-14(17)10-12/h9-11,15,18H,4-8H2,1-3H3. The van der Waals surface area contributed by atoms with Crippen molar-refractivity contribution in [1.82, 2.24) is 10.2 Å². The molecule has 0 aromatic heterocycles. The number of nitrogens with zero attached hydrogens (tertiary/aromatic N) is 1. The van der Waals surface area contributed by atoms with Crippen molar-refractivity contribution in [2.75, 3.05) is 40.4 Å². The van der Waals surface area contributed by atoms with Crippen molar-refractivity contribution >= 4 is 0 Å². The van der Waals surface area contributed by atoms with E-state index in [-0.39, 0.29) is 6.04 Å². The second-order valence-corrected chi connectivity index (χ2v) is 4.83. The summed E-state index contributed by atoms with van der Waals surface area (Å²) in [7, 11) is 3.81. The van der Waals surface area contributed by atoms with Crippen LogP contribution in [0.1, 0.15) is 24.9 Å². The monoisotopic (exact) mass is 286 g/mol. The summed E-state index contributed by atoms with van der Waals surface area (Å²) in [6.45, 7) is 5.06. The van der Waals surface area contributed by atoms with E-state index in [9.17, 15) is 8.78 Å². The Bertz CT molecular complexity index is 381. The van der Waals surface area contributed by atoms with Crippen LogP contribution in [0.5, 0.6) is 0 Å². The van der Waals surface area contributed by atoms with Crippen LogP contribution in [0.15, 0.2) is 18.2 Å². The third-order valence-electron chi connectivity index (χ3n) is 3.26. The van der Waals surface area contributed by atoms with Gasteiger partial charge in [-0.1, -0.05) is 0 Å². The Morgan fingerprint density at radius 1 is 1.20 bits per heavy atom. The lowest BCUT2D eigenvalue weighted by Gasteiger charge is -2.21. The van der Waals surface area contributed by atoms with E-state index in [0.29, 0.717) is 12.2 Å². The van der Waals surface area contributed by atoms with E-state index >= 15 is 0 Å². The quantitative estimate of drug-likeness (QED) is 0.706. The number of likely N-dealkylation sites (N-methyl/N-ethyl adjacent to an activating group) is 1. The maximum atomic E-state index is 13.2. The molecule has 114 valence electrons. The molecule has 1 rings (SSSR count). The summed E-state index contributed by atoms with van der Waals surface area (Å²) in [5.41, 5.74) is 0.642. The summed E-state index contributed by atoms with van der Waals surface area (Å²) in [5.74, 6) is -1.07. The molecule has 0 bridgehead atoms. The fraction of sp³-hybridized carbons (Fsp3) is 0.600. The lowest BCUT2D eigenvalue weighted by molar-refractivity contribution is 0.121. The Labute approximate surface area is 119 Å². The van der Waals surface area contributed by atoms with Gasteiger partial charge in [-0.2, -0.15) is 0 Å². The van der Waals surface area contributed by atoms with E-state index in [2.05, 4.69) is 10.2 Å². The van der Waals surface area contributed by atoms with Crippen LogP contribution in [-0.4, -0.2) is 45.3 Å². The molecule has 3 nitrogen and oxygen atoms in total. The van der Waals surface area contributed by atoms with Crippen LogP contribution in [0.4, 0.5) is 8.78 Å². The van der Waals surface area contributed by atoms with Crippen LogP contribution in [0.25, 0.3) is 0 Å². The molecular weight excluding hydrogens is 262 g/mol. The molecule has 1 N–H and O–H groups in total. The minimum Gasteiger partial charge on any atom is -0.380 e.